The van der Waals surface area contributed by atoms with Crippen LogP contribution in [0.3, 0.4) is 0 Å². The molecule has 1 N–H and O–H groups in total. The Balaban J connectivity index is 1.49. The Kier molecular flexibility index (Phi) is 5.07. The third kappa shape index (κ3) is 3.80. The van der Waals surface area contributed by atoms with Gasteiger partial charge in [-0.1, -0.05) is 6.07 Å². The second-order valence-corrected chi connectivity index (χ2v) is 7.49. The fourth-order valence-electron chi connectivity index (χ4n) is 4.12. The van der Waals surface area contributed by atoms with E-state index in [9.17, 15) is 9.90 Å². The van der Waals surface area contributed by atoms with Crippen LogP contribution in [0.4, 0.5) is 5.82 Å². The van der Waals surface area contributed by atoms with E-state index in [0.29, 0.717) is 0 Å². The predicted molar refractivity (Wildman–Crippen MR) is 101 cm³/mol. The molecule has 0 radical (unpaired) electrons. The first kappa shape index (κ1) is 17.9. The standard InChI is InChI=1S/C19H26N6O2/c1-23-17(13-24-9-2-3-10-24)21-22-18(23)14-6-5-11-25(12-14)16-8-4-7-15(20-16)19(26)27/h4,7-8,14H,2-3,5-6,9-13H2,1H3,(H,26,27)/t14-/m0/s1. The maximum absolute atomic E-state index is 11.2. The Bertz CT molecular complexity index is 814. The molecule has 2 aromatic rings. The van der Waals surface area contributed by atoms with Crippen molar-refractivity contribution in [3.05, 3.63) is 35.5 Å². The van der Waals surface area contributed by atoms with Gasteiger partial charge < -0.3 is 14.6 Å². The van der Waals surface area contributed by atoms with Crippen LogP contribution in [0, 0.1) is 0 Å². The summed E-state index contributed by atoms with van der Waals surface area (Å²) in [6, 6.07) is 5.16. The first-order valence-electron chi connectivity index (χ1n) is 9.67. The molecule has 2 aromatic heterocycles. The van der Waals surface area contributed by atoms with Crippen molar-refractivity contribution in [3.63, 3.8) is 0 Å². The van der Waals surface area contributed by atoms with E-state index >= 15 is 0 Å². The van der Waals surface area contributed by atoms with Crippen LogP contribution in [-0.2, 0) is 13.6 Å². The van der Waals surface area contributed by atoms with E-state index < -0.39 is 5.97 Å². The molecule has 8 heteroatoms. The van der Waals surface area contributed by atoms with Crippen LogP contribution in [0.5, 0.6) is 0 Å². The van der Waals surface area contributed by atoms with Crippen molar-refractivity contribution in [3.8, 4) is 0 Å². The summed E-state index contributed by atoms with van der Waals surface area (Å²) in [5.74, 6) is 2.04. The molecule has 2 fully saturated rings. The zero-order valence-electron chi connectivity index (χ0n) is 15.7. The van der Waals surface area contributed by atoms with E-state index in [-0.39, 0.29) is 11.6 Å². The number of piperidine rings is 1. The lowest BCUT2D eigenvalue weighted by Gasteiger charge is -2.33. The number of nitrogens with zero attached hydrogens (tertiary/aromatic N) is 6. The third-order valence-corrected chi connectivity index (χ3v) is 5.63. The summed E-state index contributed by atoms with van der Waals surface area (Å²) in [5.41, 5.74) is 0.0844. The normalized spacial score (nSPS) is 20.9. The smallest absolute Gasteiger partial charge is 0.354 e. The van der Waals surface area contributed by atoms with Crippen molar-refractivity contribution >= 4 is 11.8 Å². The summed E-state index contributed by atoms with van der Waals surface area (Å²) in [7, 11) is 2.06. The number of carboxylic acid groups (broad SMARTS) is 1. The number of hydrogen-bond donors (Lipinski definition) is 1. The molecule has 144 valence electrons. The number of anilines is 1. The molecule has 0 unspecified atom stereocenters. The lowest BCUT2D eigenvalue weighted by Crippen LogP contribution is -2.36. The quantitative estimate of drug-likeness (QED) is 0.860. The number of carboxylic acids is 1. The van der Waals surface area contributed by atoms with Gasteiger partial charge in [0.25, 0.3) is 0 Å². The SMILES string of the molecule is Cn1c(CN2CCCC2)nnc1[C@H]1CCCN(c2cccc(C(=O)O)n2)C1. The van der Waals surface area contributed by atoms with Crippen LogP contribution in [0.15, 0.2) is 18.2 Å². The molecule has 8 nitrogen and oxygen atoms in total. The van der Waals surface area contributed by atoms with Gasteiger partial charge in [-0.3, -0.25) is 4.90 Å². The van der Waals surface area contributed by atoms with Crippen molar-refractivity contribution < 1.29 is 9.90 Å². The molecule has 4 rings (SSSR count). The minimum atomic E-state index is -0.995. The predicted octanol–water partition coefficient (Wildman–Crippen LogP) is 1.89. The molecule has 2 aliphatic heterocycles. The lowest BCUT2D eigenvalue weighted by molar-refractivity contribution is 0.0690. The van der Waals surface area contributed by atoms with E-state index in [2.05, 4.69) is 36.6 Å². The van der Waals surface area contributed by atoms with E-state index in [1.807, 2.05) is 6.07 Å². The van der Waals surface area contributed by atoms with Crippen LogP contribution in [0.25, 0.3) is 0 Å². The molecule has 1 atom stereocenters. The fraction of sp³-hybridized carbons (Fsp3) is 0.579. The largest absolute Gasteiger partial charge is 0.477 e. The minimum Gasteiger partial charge on any atom is -0.477 e. The molecule has 0 aliphatic carbocycles. The third-order valence-electron chi connectivity index (χ3n) is 5.63. The molecular formula is C19H26N6O2. The summed E-state index contributed by atoms with van der Waals surface area (Å²) in [6.45, 7) is 4.81. The van der Waals surface area contributed by atoms with Crippen molar-refractivity contribution in [2.24, 2.45) is 7.05 Å². The number of pyridine rings is 1. The highest BCUT2D eigenvalue weighted by Crippen LogP contribution is 2.28. The van der Waals surface area contributed by atoms with Gasteiger partial charge in [-0.05, 0) is 50.9 Å². The molecular weight excluding hydrogens is 344 g/mol. The molecule has 0 saturated carbocycles. The molecule has 0 aromatic carbocycles. The van der Waals surface area contributed by atoms with Crippen LogP contribution < -0.4 is 4.90 Å². The van der Waals surface area contributed by atoms with Crippen LogP contribution >= 0.6 is 0 Å². The second-order valence-electron chi connectivity index (χ2n) is 7.49. The monoisotopic (exact) mass is 370 g/mol. The van der Waals surface area contributed by atoms with Crippen LogP contribution in [0.1, 0.15) is 53.7 Å². The first-order chi connectivity index (χ1) is 13.1. The average Bonchev–Trinajstić information content (AvgIpc) is 3.33. The number of hydrogen-bond acceptors (Lipinski definition) is 6. The molecule has 4 heterocycles. The topological polar surface area (TPSA) is 87.4 Å². The molecule has 27 heavy (non-hydrogen) atoms. The summed E-state index contributed by atoms with van der Waals surface area (Å²) >= 11 is 0. The Hall–Kier alpha value is -2.48. The van der Waals surface area contributed by atoms with Gasteiger partial charge in [-0.15, -0.1) is 10.2 Å². The summed E-state index contributed by atoms with van der Waals surface area (Å²) in [5, 5.41) is 18.1. The van der Waals surface area contributed by atoms with Crippen molar-refractivity contribution in [1.82, 2.24) is 24.6 Å². The van der Waals surface area contributed by atoms with Gasteiger partial charge >= 0.3 is 5.97 Å². The van der Waals surface area contributed by atoms with Crippen LogP contribution in [0.2, 0.25) is 0 Å². The summed E-state index contributed by atoms with van der Waals surface area (Å²) in [4.78, 5) is 20.1. The zero-order valence-corrected chi connectivity index (χ0v) is 15.7. The highest BCUT2D eigenvalue weighted by molar-refractivity contribution is 5.85. The first-order valence-corrected chi connectivity index (χ1v) is 9.67. The minimum absolute atomic E-state index is 0.0844. The molecule has 2 aliphatic rings. The van der Waals surface area contributed by atoms with Gasteiger partial charge in [0.2, 0.25) is 0 Å². The number of aromatic nitrogens is 4. The maximum atomic E-state index is 11.2. The van der Waals surface area contributed by atoms with E-state index in [0.717, 1.165) is 63.0 Å². The van der Waals surface area contributed by atoms with Gasteiger partial charge in [-0.25, -0.2) is 9.78 Å². The molecule has 0 bridgehead atoms. The number of carbonyl (C=O) groups is 1. The maximum Gasteiger partial charge on any atom is 0.354 e. The summed E-state index contributed by atoms with van der Waals surface area (Å²) in [6.07, 6.45) is 4.62. The van der Waals surface area contributed by atoms with Gasteiger partial charge in [0, 0.05) is 26.1 Å². The number of aromatic carboxylic acids is 1. The van der Waals surface area contributed by atoms with E-state index in [4.69, 9.17) is 0 Å². The van der Waals surface area contributed by atoms with Crippen molar-refractivity contribution in [2.75, 3.05) is 31.1 Å². The van der Waals surface area contributed by atoms with E-state index in [1.165, 1.54) is 18.9 Å². The fourth-order valence-corrected chi connectivity index (χ4v) is 4.12. The molecule has 2 saturated heterocycles. The molecule has 0 spiro atoms. The highest BCUT2D eigenvalue weighted by Gasteiger charge is 2.27. The zero-order chi connectivity index (χ0) is 18.8. The van der Waals surface area contributed by atoms with Crippen molar-refractivity contribution in [1.29, 1.82) is 0 Å². The lowest BCUT2D eigenvalue weighted by atomic mass is 9.97. The van der Waals surface area contributed by atoms with Gasteiger partial charge in [0.1, 0.15) is 17.5 Å². The summed E-state index contributed by atoms with van der Waals surface area (Å²) < 4.78 is 2.15. The second kappa shape index (κ2) is 7.64. The number of likely N-dealkylation sites (tertiary alicyclic amines) is 1. The highest BCUT2D eigenvalue weighted by atomic mass is 16.4. The Morgan fingerprint density at radius 2 is 2.00 bits per heavy atom. The molecule has 0 amide bonds. The van der Waals surface area contributed by atoms with Crippen molar-refractivity contribution in [2.45, 2.75) is 38.1 Å². The van der Waals surface area contributed by atoms with Crippen LogP contribution in [-0.4, -0.2) is 61.9 Å². The van der Waals surface area contributed by atoms with Gasteiger partial charge in [-0.2, -0.15) is 0 Å². The van der Waals surface area contributed by atoms with Gasteiger partial charge in [0.05, 0.1) is 6.54 Å². The Morgan fingerprint density at radius 1 is 1.19 bits per heavy atom. The van der Waals surface area contributed by atoms with Gasteiger partial charge in [0.15, 0.2) is 5.69 Å². The van der Waals surface area contributed by atoms with E-state index in [1.54, 1.807) is 6.07 Å². The Morgan fingerprint density at radius 3 is 2.78 bits per heavy atom. The Labute approximate surface area is 158 Å². The number of rotatable bonds is 5. The average molecular weight is 370 g/mol.